The molecule has 23 heavy (non-hydrogen) atoms. The molecule has 0 amide bonds. The molecular weight excluding hydrogens is 282 g/mol. The number of ether oxygens (including phenoxy) is 1. The highest BCUT2D eigenvalue weighted by molar-refractivity contribution is 5.37. The average Bonchev–Trinajstić information content (AvgIpc) is 2.60. The molecule has 0 aromatic heterocycles. The second-order valence-corrected chi connectivity index (χ2v) is 6.45. The van der Waals surface area contributed by atoms with Gasteiger partial charge in [0.15, 0.2) is 0 Å². The van der Waals surface area contributed by atoms with Crippen molar-refractivity contribution in [3.05, 3.63) is 64.7 Å². The van der Waals surface area contributed by atoms with Crippen molar-refractivity contribution in [2.45, 2.75) is 44.9 Å². The van der Waals surface area contributed by atoms with E-state index in [1.54, 1.807) is 0 Å². The topological polar surface area (TPSA) is 35.2 Å². The van der Waals surface area contributed by atoms with Gasteiger partial charge in [-0.1, -0.05) is 30.3 Å². The molecule has 1 unspecified atom stereocenters. The van der Waals surface area contributed by atoms with Crippen molar-refractivity contribution in [1.82, 2.24) is 0 Å². The van der Waals surface area contributed by atoms with Crippen LogP contribution in [0.1, 0.15) is 47.9 Å². The fraction of sp³-hybridized carbons (Fsp3) is 0.429. The normalized spacial score (nSPS) is 15.0. The Kier molecular flexibility index (Phi) is 5.35. The predicted molar refractivity (Wildman–Crippen MR) is 96.2 cm³/mol. The highest BCUT2D eigenvalue weighted by Gasteiger charge is 2.15. The fourth-order valence-corrected chi connectivity index (χ4v) is 3.56. The minimum absolute atomic E-state index is 0.374. The van der Waals surface area contributed by atoms with E-state index in [9.17, 15) is 0 Å². The maximum absolute atomic E-state index is 6.09. The van der Waals surface area contributed by atoms with Crippen molar-refractivity contribution >= 4 is 0 Å². The lowest BCUT2D eigenvalue weighted by molar-refractivity contribution is 0.340. The van der Waals surface area contributed by atoms with Crippen LogP contribution < -0.4 is 10.5 Å². The van der Waals surface area contributed by atoms with Crippen LogP contribution in [0.5, 0.6) is 5.75 Å². The van der Waals surface area contributed by atoms with Crippen LogP contribution in [0.4, 0.5) is 0 Å². The van der Waals surface area contributed by atoms with Gasteiger partial charge in [-0.3, -0.25) is 0 Å². The van der Waals surface area contributed by atoms with Gasteiger partial charge in [0.2, 0.25) is 0 Å². The van der Waals surface area contributed by atoms with Gasteiger partial charge in [-0.05, 0) is 80.0 Å². The first-order chi connectivity index (χ1) is 11.3. The van der Waals surface area contributed by atoms with Gasteiger partial charge in [-0.15, -0.1) is 0 Å². The van der Waals surface area contributed by atoms with E-state index in [0.717, 1.165) is 12.2 Å². The molecule has 0 saturated carbocycles. The molecule has 122 valence electrons. The monoisotopic (exact) mass is 309 g/mol. The van der Waals surface area contributed by atoms with Gasteiger partial charge in [0.05, 0.1) is 6.61 Å². The molecule has 0 fully saturated rings. The first-order valence-electron chi connectivity index (χ1n) is 8.83. The molecule has 0 spiro atoms. The summed E-state index contributed by atoms with van der Waals surface area (Å²) in [5.41, 5.74) is 11.8. The molecule has 3 rings (SSSR count). The van der Waals surface area contributed by atoms with E-state index < -0.39 is 0 Å². The Morgan fingerprint density at radius 2 is 1.87 bits per heavy atom. The molecule has 1 aliphatic rings. The van der Waals surface area contributed by atoms with Crippen LogP contribution in [-0.2, 0) is 19.3 Å². The molecule has 2 N–H and O–H groups in total. The third-order valence-electron chi connectivity index (χ3n) is 4.82. The van der Waals surface area contributed by atoms with Gasteiger partial charge in [0.1, 0.15) is 5.75 Å². The molecule has 0 radical (unpaired) electrons. The Morgan fingerprint density at radius 3 is 2.65 bits per heavy atom. The highest BCUT2D eigenvalue weighted by atomic mass is 16.5. The van der Waals surface area contributed by atoms with Crippen LogP contribution in [0.2, 0.25) is 0 Å². The van der Waals surface area contributed by atoms with Crippen LogP contribution in [0.25, 0.3) is 0 Å². The van der Waals surface area contributed by atoms with Crippen molar-refractivity contribution in [2.24, 2.45) is 5.73 Å². The zero-order valence-electron chi connectivity index (χ0n) is 14.1. The highest BCUT2D eigenvalue weighted by Crippen LogP contribution is 2.28. The third-order valence-corrected chi connectivity index (χ3v) is 4.82. The standard InChI is InChI=1S/C21H27NO/c1-2-23-21-9-5-6-16(13-21)12-20(15-22)19-11-10-17-7-3-4-8-18(17)14-19/h5-6,9-11,13-14,20H,2-4,7-8,12,15,22H2,1H3. The summed E-state index contributed by atoms with van der Waals surface area (Å²) in [6, 6.07) is 15.4. The summed E-state index contributed by atoms with van der Waals surface area (Å²) in [7, 11) is 0. The fourth-order valence-electron chi connectivity index (χ4n) is 3.56. The predicted octanol–water partition coefficient (Wildman–Crippen LogP) is 4.25. The minimum Gasteiger partial charge on any atom is -0.494 e. The second-order valence-electron chi connectivity index (χ2n) is 6.45. The number of nitrogens with two attached hydrogens (primary N) is 1. The zero-order valence-corrected chi connectivity index (χ0v) is 14.1. The molecule has 0 aliphatic heterocycles. The number of rotatable bonds is 6. The second kappa shape index (κ2) is 7.65. The van der Waals surface area contributed by atoms with Gasteiger partial charge in [-0.2, -0.15) is 0 Å². The van der Waals surface area contributed by atoms with Crippen LogP contribution in [-0.4, -0.2) is 13.2 Å². The number of hydrogen-bond donors (Lipinski definition) is 1. The maximum Gasteiger partial charge on any atom is 0.119 e. The third kappa shape index (κ3) is 3.94. The Hall–Kier alpha value is -1.80. The largest absolute Gasteiger partial charge is 0.494 e. The summed E-state index contributed by atoms with van der Waals surface area (Å²) in [5, 5.41) is 0. The summed E-state index contributed by atoms with van der Waals surface area (Å²) in [5.74, 6) is 1.32. The lowest BCUT2D eigenvalue weighted by Gasteiger charge is -2.21. The van der Waals surface area contributed by atoms with Crippen molar-refractivity contribution in [2.75, 3.05) is 13.2 Å². The van der Waals surface area contributed by atoms with Crippen LogP contribution >= 0.6 is 0 Å². The minimum atomic E-state index is 0.374. The summed E-state index contributed by atoms with van der Waals surface area (Å²) in [6.07, 6.45) is 6.08. The smallest absolute Gasteiger partial charge is 0.119 e. The molecule has 2 heteroatoms. The van der Waals surface area contributed by atoms with Crippen molar-refractivity contribution in [3.63, 3.8) is 0 Å². The Morgan fingerprint density at radius 1 is 1.04 bits per heavy atom. The lowest BCUT2D eigenvalue weighted by atomic mass is 9.85. The van der Waals surface area contributed by atoms with E-state index in [-0.39, 0.29) is 0 Å². The van der Waals surface area contributed by atoms with E-state index >= 15 is 0 Å². The Balaban J connectivity index is 1.78. The van der Waals surface area contributed by atoms with Crippen LogP contribution in [0.3, 0.4) is 0 Å². The lowest BCUT2D eigenvalue weighted by Crippen LogP contribution is -2.16. The molecule has 1 atom stereocenters. The number of hydrogen-bond acceptors (Lipinski definition) is 2. The molecule has 2 nitrogen and oxygen atoms in total. The van der Waals surface area contributed by atoms with Gasteiger partial charge < -0.3 is 10.5 Å². The van der Waals surface area contributed by atoms with Gasteiger partial charge in [0.25, 0.3) is 0 Å². The summed E-state index contributed by atoms with van der Waals surface area (Å²) in [6.45, 7) is 3.40. The number of fused-ring (bicyclic) bond motifs is 1. The Labute approximate surface area is 139 Å². The molecule has 1 aliphatic carbocycles. The van der Waals surface area contributed by atoms with Gasteiger partial charge in [0, 0.05) is 5.92 Å². The summed E-state index contributed by atoms with van der Waals surface area (Å²) >= 11 is 0. The molecule has 0 heterocycles. The van der Waals surface area contributed by atoms with E-state index in [1.807, 2.05) is 13.0 Å². The SMILES string of the molecule is CCOc1cccc(CC(CN)c2ccc3c(c2)CCCC3)c1. The zero-order chi connectivity index (χ0) is 16.1. The van der Waals surface area contributed by atoms with Crippen molar-refractivity contribution < 1.29 is 4.74 Å². The van der Waals surface area contributed by atoms with Crippen LogP contribution in [0, 0.1) is 0 Å². The van der Waals surface area contributed by atoms with Gasteiger partial charge >= 0.3 is 0 Å². The quantitative estimate of drug-likeness (QED) is 0.866. The summed E-state index contributed by atoms with van der Waals surface area (Å²) < 4.78 is 5.61. The van der Waals surface area contributed by atoms with Crippen molar-refractivity contribution in [1.29, 1.82) is 0 Å². The number of benzene rings is 2. The van der Waals surface area contributed by atoms with Crippen molar-refractivity contribution in [3.8, 4) is 5.75 Å². The maximum atomic E-state index is 6.09. The first kappa shape index (κ1) is 16.1. The van der Waals surface area contributed by atoms with E-state index in [2.05, 4.69) is 36.4 Å². The molecule has 0 saturated heterocycles. The van der Waals surface area contributed by atoms with Crippen LogP contribution in [0.15, 0.2) is 42.5 Å². The van der Waals surface area contributed by atoms with Gasteiger partial charge in [-0.25, -0.2) is 0 Å². The molecular formula is C21H27NO. The number of aryl methyl sites for hydroxylation is 2. The molecule has 2 aromatic rings. The average molecular weight is 309 g/mol. The van der Waals surface area contributed by atoms with E-state index in [4.69, 9.17) is 10.5 Å². The van der Waals surface area contributed by atoms with E-state index in [0.29, 0.717) is 19.1 Å². The Bertz CT molecular complexity index is 650. The first-order valence-corrected chi connectivity index (χ1v) is 8.83. The molecule has 2 aromatic carbocycles. The summed E-state index contributed by atoms with van der Waals surface area (Å²) in [4.78, 5) is 0. The molecule has 0 bridgehead atoms. The van der Waals surface area contributed by atoms with E-state index in [1.165, 1.54) is 47.9 Å².